The number of nitrogens with two attached hydrogens (primary N) is 1. The fraction of sp³-hybridized carbons (Fsp3) is 0.800. The Morgan fingerprint density at radius 1 is 1.36 bits per heavy atom. The summed E-state index contributed by atoms with van der Waals surface area (Å²) in [5, 5.41) is 0. The molecule has 0 saturated heterocycles. The fourth-order valence-corrected chi connectivity index (χ4v) is 1.13. The van der Waals surface area contributed by atoms with Gasteiger partial charge in [-0.2, -0.15) is 0 Å². The van der Waals surface area contributed by atoms with Crippen LogP contribution in [0.1, 0.15) is 34.1 Å². The lowest BCUT2D eigenvalue weighted by Gasteiger charge is -2.23. The second-order valence-corrected chi connectivity index (χ2v) is 3.54. The van der Waals surface area contributed by atoms with E-state index >= 15 is 0 Å². The summed E-state index contributed by atoms with van der Waals surface area (Å²) in [6.07, 6.45) is 1.20. The smallest absolute Gasteiger partial charge is 0.0224 e. The Balaban J connectivity index is 4.02. The van der Waals surface area contributed by atoms with Gasteiger partial charge in [0.1, 0.15) is 0 Å². The summed E-state index contributed by atoms with van der Waals surface area (Å²) in [6, 6.07) is 0.138. The van der Waals surface area contributed by atoms with E-state index in [4.69, 9.17) is 5.73 Å². The normalized spacial score (nSPS) is 19.0. The Bertz CT molecular complexity index is 127. The minimum Gasteiger partial charge on any atom is -0.324 e. The van der Waals surface area contributed by atoms with Crippen LogP contribution in [-0.4, -0.2) is 6.04 Å². The zero-order chi connectivity index (χ0) is 9.02. The van der Waals surface area contributed by atoms with Crippen LogP contribution in [0.5, 0.6) is 0 Å². The average molecular weight is 155 g/mol. The molecule has 0 heterocycles. The van der Waals surface area contributed by atoms with Crippen LogP contribution in [0.25, 0.3) is 0 Å². The maximum Gasteiger partial charge on any atom is 0.0224 e. The van der Waals surface area contributed by atoms with Crippen LogP contribution in [0.15, 0.2) is 12.2 Å². The highest BCUT2D eigenvalue weighted by Gasteiger charge is 2.15. The Morgan fingerprint density at radius 2 is 1.82 bits per heavy atom. The van der Waals surface area contributed by atoms with Crippen molar-refractivity contribution < 1.29 is 0 Å². The summed E-state index contributed by atoms with van der Waals surface area (Å²) in [6.45, 7) is 12.7. The summed E-state index contributed by atoms with van der Waals surface area (Å²) in [7, 11) is 0. The topological polar surface area (TPSA) is 26.0 Å². The number of rotatable bonds is 4. The molecule has 2 unspecified atom stereocenters. The predicted octanol–water partition coefficient (Wildman–Crippen LogP) is 2.57. The monoisotopic (exact) mass is 155 g/mol. The first-order valence-electron chi connectivity index (χ1n) is 4.44. The van der Waals surface area contributed by atoms with Gasteiger partial charge in [-0.15, -0.1) is 0 Å². The van der Waals surface area contributed by atoms with Crippen molar-refractivity contribution in [2.24, 2.45) is 17.6 Å². The molecule has 3 atom stereocenters. The second-order valence-electron chi connectivity index (χ2n) is 3.54. The molecule has 0 aliphatic carbocycles. The molecule has 1 heteroatoms. The van der Waals surface area contributed by atoms with Crippen LogP contribution in [0.3, 0.4) is 0 Å². The van der Waals surface area contributed by atoms with Crippen molar-refractivity contribution in [3.05, 3.63) is 12.2 Å². The molecule has 0 spiro atoms. The van der Waals surface area contributed by atoms with Crippen LogP contribution in [-0.2, 0) is 0 Å². The minimum atomic E-state index is 0.138. The largest absolute Gasteiger partial charge is 0.324 e. The quantitative estimate of drug-likeness (QED) is 0.620. The molecule has 0 radical (unpaired) electrons. The predicted molar refractivity (Wildman–Crippen MR) is 51.4 cm³/mol. The molecule has 1 nitrogen and oxygen atoms in total. The van der Waals surface area contributed by atoms with E-state index in [-0.39, 0.29) is 6.04 Å². The van der Waals surface area contributed by atoms with Gasteiger partial charge in [0.2, 0.25) is 0 Å². The molecule has 66 valence electrons. The SMILES string of the molecule is C=C(C(C)N)C(C)[C@@H](C)CC. The molecule has 0 aliphatic heterocycles. The van der Waals surface area contributed by atoms with E-state index in [0.29, 0.717) is 11.8 Å². The first kappa shape index (κ1) is 10.7. The van der Waals surface area contributed by atoms with Crippen molar-refractivity contribution in [2.45, 2.75) is 40.2 Å². The molecule has 0 rings (SSSR count). The summed E-state index contributed by atoms with van der Waals surface area (Å²) >= 11 is 0. The van der Waals surface area contributed by atoms with Crippen molar-refractivity contribution in [3.8, 4) is 0 Å². The van der Waals surface area contributed by atoms with E-state index in [2.05, 4.69) is 27.4 Å². The van der Waals surface area contributed by atoms with Gasteiger partial charge in [0.05, 0.1) is 0 Å². The van der Waals surface area contributed by atoms with Crippen LogP contribution < -0.4 is 5.73 Å². The Kier molecular flexibility index (Phi) is 4.43. The highest BCUT2D eigenvalue weighted by Crippen LogP contribution is 2.22. The molecule has 11 heavy (non-hydrogen) atoms. The Labute approximate surface area is 70.7 Å². The van der Waals surface area contributed by atoms with Crippen LogP contribution in [0.4, 0.5) is 0 Å². The molecule has 0 amide bonds. The lowest BCUT2D eigenvalue weighted by molar-refractivity contribution is 0.413. The molecule has 0 aromatic carbocycles. The Morgan fingerprint density at radius 3 is 2.09 bits per heavy atom. The van der Waals surface area contributed by atoms with Crippen LogP contribution >= 0.6 is 0 Å². The molecule has 0 bridgehead atoms. The van der Waals surface area contributed by atoms with Gasteiger partial charge < -0.3 is 5.73 Å². The van der Waals surface area contributed by atoms with Gasteiger partial charge in [0.25, 0.3) is 0 Å². The fourth-order valence-electron chi connectivity index (χ4n) is 1.13. The van der Waals surface area contributed by atoms with Crippen molar-refractivity contribution in [2.75, 3.05) is 0 Å². The highest BCUT2D eigenvalue weighted by molar-refractivity contribution is 5.07. The zero-order valence-electron chi connectivity index (χ0n) is 8.22. The van der Waals surface area contributed by atoms with Gasteiger partial charge in [-0.1, -0.05) is 39.3 Å². The minimum absolute atomic E-state index is 0.138. The van der Waals surface area contributed by atoms with E-state index in [1.54, 1.807) is 0 Å². The third-order valence-electron chi connectivity index (χ3n) is 2.67. The first-order valence-corrected chi connectivity index (χ1v) is 4.44. The highest BCUT2D eigenvalue weighted by atomic mass is 14.6. The van der Waals surface area contributed by atoms with Gasteiger partial charge >= 0.3 is 0 Å². The molecule has 2 N–H and O–H groups in total. The lowest BCUT2D eigenvalue weighted by atomic mass is 9.85. The lowest BCUT2D eigenvalue weighted by Crippen LogP contribution is -2.24. The summed E-state index contributed by atoms with van der Waals surface area (Å²) in [4.78, 5) is 0. The van der Waals surface area contributed by atoms with E-state index in [1.165, 1.54) is 12.0 Å². The Hall–Kier alpha value is -0.300. The molecule has 0 saturated carbocycles. The van der Waals surface area contributed by atoms with Gasteiger partial charge in [0.15, 0.2) is 0 Å². The molecular formula is C10H21N. The second kappa shape index (κ2) is 4.55. The van der Waals surface area contributed by atoms with Gasteiger partial charge in [-0.05, 0) is 18.8 Å². The van der Waals surface area contributed by atoms with E-state index in [0.717, 1.165) is 0 Å². The molecule has 0 aromatic rings. The van der Waals surface area contributed by atoms with Gasteiger partial charge in [-0.3, -0.25) is 0 Å². The van der Waals surface area contributed by atoms with E-state index < -0.39 is 0 Å². The standard InChI is InChI=1S/C10H21N/c1-6-7(2)8(3)9(4)10(5)11/h7-8,10H,4,6,11H2,1-3,5H3/t7-,8?,10?/m0/s1. The molecule has 0 aliphatic rings. The van der Waals surface area contributed by atoms with Gasteiger partial charge in [-0.25, -0.2) is 0 Å². The zero-order valence-corrected chi connectivity index (χ0v) is 8.22. The van der Waals surface area contributed by atoms with E-state index in [9.17, 15) is 0 Å². The van der Waals surface area contributed by atoms with E-state index in [1.807, 2.05) is 6.92 Å². The van der Waals surface area contributed by atoms with Crippen LogP contribution in [0.2, 0.25) is 0 Å². The maximum atomic E-state index is 5.73. The van der Waals surface area contributed by atoms with Crippen LogP contribution in [0, 0.1) is 11.8 Å². The van der Waals surface area contributed by atoms with Crippen molar-refractivity contribution in [1.82, 2.24) is 0 Å². The van der Waals surface area contributed by atoms with Crippen molar-refractivity contribution >= 4 is 0 Å². The molecule has 0 fully saturated rings. The maximum absolute atomic E-state index is 5.73. The first-order chi connectivity index (χ1) is 5.00. The van der Waals surface area contributed by atoms with Crippen molar-refractivity contribution in [3.63, 3.8) is 0 Å². The molecule has 0 aromatic heterocycles. The van der Waals surface area contributed by atoms with Crippen molar-refractivity contribution in [1.29, 1.82) is 0 Å². The summed E-state index contributed by atoms with van der Waals surface area (Å²) < 4.78 is 0. The third kappa shape index (κ3) is 3.06. The average Bonchev–Trinajstić information content (AvgIpc) is 2.00. The molecular weight excluding hydrogens is 134 g/mol. The number of hydrogen-bond acceptors (Lipinski definition) is 1. The van der Waals surface area contributed by atoms with Gasteiger partial charge in [0, 0.05) is 6.04 Å². The summed E-state index contributed by atoms with van der Waals surface area (Å²) in [5.74, 6) is 1.26. The summed E-state index contributed by atoms with van der Waals surface area (Å²) in [5.41, 5.74) is 6.91. The third-order valence-corrected chi connectivity index (χ3v) is 2.67. The number of hydrogen-bond donors (Lipinski definition) is 1.